The van der Waals surface area contributed by atoms with E-state index >= 15 is 0 Å². The van der Waals surface area contributed by atoms with Gasteiger partial charge in [0.2, 0.25) is 5.95 Å². The molecule has 0 unspecified atom stereocenters. The summed E-state index contributed by atoms with van der Waals surface area (Å²) in [5.41, 5.74) is 6.76. The summed E-state index contributed by atoms with van der Waals surface area (Å²) in [4.78, 5) is 36.4. The highest BCUT2D eigenvalue weighted by Crippen LogP contribution is 2.49. The van der Waals surface area contributed by atoms with Crippen LogP contribution in [0, 0.1) is 0 Å². The van der Waals surface area contributed by atoms with Gasteiger partial charge in [0.1, 0.15) is 12.2 Å². The predicted molar refractivity (Wildman–Crippen MR) is 155 cm³/mol. The van der Waals surface area contributed by atoms with Gasteiger partial charge in [0.15, 0.2) is 17.4 Å². The van der Waals surface area contributed by atoms with Gasteiger partial charge in [0, 0.05) is 11.6 Å². The van der Waals surface area contributed by atoms with Crippen LogP contribution in [0.25, 0.3) is 11.2 Å². The van der Waals surface area contributed by atoms with Crippen LogP contribution < -0.4 is 11.3 Å². The van der Waals surface area contributed by atoms with Crippen LogP contribution in [0.15, 0.2) is 22.8 Å². The largest absolute Gasteiger partial charge is 0.463 e. The van der Waals surface area contributed by atoms with E-state index in [9.17, 15) is 9.59 Å². The van der Waals surface area contributed by atoms with Gasteiger partial charge in [-0.2, -0.15) is 4.98 Å². The van der Waals surface area contributed by atoms with E-state index in [0.717, 1.165) is 0 Å². The molecule has 2 aromatic heterocycles. The molecule has 4 heterocycles. The predicted octanol–water partition coefficient (Wildman–Crippen LogP) is 4.05. The monoisotopic (exact) mass is 593 g/mol. The molecule has 0 radical (unpaired) electrons. The Bertz CT molecular complexity index is 1310. The quantitative estimate of drug-likeness (QED) is 0.273. The first kappa shape index (κ1) is 30.6. The molecule has 0 bridgehead atoms. The summed E-state index contributed by atoms with van der Waals surface area (Å²) in [7, 11) is -5.82. The molecule has 2 saturated heterocycles. The molecule has 2 aliphatic heterocycles. The number of carbonyl (C=O) groups excluding carboxylic acids is 1. The van der Waals surface area contributed by atoms with E-state index in [-0.39, 0.29) is 52.5 Å². The normalized spacial score (nSPS) is 25.6. The number of carbonyl (C=O) groups is 1. The summed E-state index contributed by atoms with van der Waals surface area (Å²) < 4.78 is 34.8. The molecular weight excluding hydrogens is 550 g/mol. The van der Waals surface area contributed by atoms with Crippen molar-refractivity contribution in [1.29, 1.82) is 0 Å². The van der Waals surface area contributed by atoms with Crippen LogP contribution in [0.1, 0.15) is 68.5 Å². The molecular formula is C26H43N5O7Si2. The molecule has 2 aliphatic rings. The van der Waals surface area contributed by atoms with E-state index in [1.54, 1.807) is 11.5 Å². The van der Waals surface area contributed by atoms with Crippen molar-refractivity contribution in [3.63, 3.8) is 0 Å². The zero-order valence-corrected chi connectivity index (χ0v) is 26.9. The molecule has 0 aromatic carbocycles. The third kappa shape index (κ3) is 5.20. The fourth-order valence-corrected chi connectivity index (χ4v) is 17.1. The minimum Gasteiger partial charge on any atom is -0.463 e. The summed E-state index contributed by atoms with van der Waals surface area (Å²) in [6.45, 7) is 19.3. The number of fused-ring (bicyclic) bond motifs is 2. The van der Waals surface area contributed by atoms with Crippen molar-refractivity contribution in [2.45, 2.75) is 103 Å². The molecule has 3 atom stereocenters. The number of nitrogens with one attached hydrogen (secondary N) is 1. The molecule has 40 heavy (non-hydrogen) atoms. The number of ether oxygens (including phenoxy) is 2. The number of esters is 1. The molecule has 0 aliphatic carbocycles. The van der Waals surface area contributed by atoms with Crippen LogP contribution in [-0.2, 0) is 27.2 Å². The zero-order valence-electron chi connectivity index (χ0n) is 24.9. The summed E-state index contributed by atoms with van der Waals surface area (Å²) in [5, 5.41) is 0. The lowest BCUT2D eigenvalue weighted by molar-refractivity contribution is -0.137. The second-order valence-corrected chi connectivity index (χ2v) is 20.6. The highest BCUT2D eigenvalue weighted by atomic mass is 28.5. The Morgan fingerprint density at radius 2 is 1.77 bits per heavy atom. The van der Waals surface area contributed by atoms with Gasteiger partial charge in [-0.3, -0.25) is 14.3 Å². The minimum atomic E-state index is -3.02. The van der Waals surface area contributed by atoms with E-state index in [1.807, 2.05) is 0 Å². The number of aromatic amines is 1. The molecule has 222 valence electrons. The smallest absolute Gasteiger partial charge is 0.335 e. The van der Waals surface area contributed by atoms with Crippen LogP contribution in [0.4, 0.5) is 5.95 Å². The van der Waals surface area contributed by atoms with E-state index in [4.69, 9.17) is 28.2 Å². The Hall–Kier alpha value is -2.37. The van der Waals surface area contributed by atoms with Gasteiger partial charge >= 0.3 is 23.1 Å². The van der Waals surface area contributed by atoms with Gasteiger partial charge in [-0.15, -0.1) is 0 Å². The van der Waals surface area contributed by atoms with Crippen molar-refractivity contribution in [1.82, 2.24) is 19.5 Å². The van der Waals surface area contributed by atoms with Crippen molar-refractivity contribution >= 4 is 40.2 Å². The van der Waals surface area contributed by atoms with Gasteiger partial charge < -0.3 is 28.2 Å². The number of rotatable bonds is 7. The van der Waals surface area contributed by atoms with Gasteiger partial charge in [0.25, 0.3) is 5.56 Å². The Labute approximate surface area is 237 Å². The summed E-state index contributed by atoms with van der Waals surface area (Å²) in [6, 6.07) is 0. The highest BCUT2D eigenvalue weighted by Gasteiger charge is 2.61. The standard InChI is InChI=1S/C26H43N5O7Si2/c1-10-34-20(32)11-18-22-19(36-25(18)31-13-28-21-23(31)29-26(27)30-24(21)33)12-35-39(14(2)3,15(4)5)38-40(37-22,16(6)7)17(8)9/h11,13-17,19,22,25H,10,12H2,1-9H3,(H3,27,29,30,33)/b18-11-/t19-,22+,25-/m1/s1. The van der Waals surface area contributed by atoms with Crippen molar-refractivity contribution < 1.29 is 27.2 Å². The van der Waals surface area contributed by atoms with Crippen LogP contribution in [-0.4, -0.2) is 68.0 Å². The number of aromatic nitrogens is 4. The average molecular weight is 594 g/mol. The fourth-order valence-electron chi connectivity index (χ4n) is 5.88. The number of hydrogen-bond acceptors (Lipinski definition) is 10. The molecule has 2 fully saturated rings. The molecule has 2 aromatic rings. The Morgan fingerprint density at radius 3 is 2.35 bits per heavy atom. The van der Waals surface area contributed by atoms with Gasteiger partial charge in [-0.25, -0.2) is 9.78 Å². The average Bonchev–Trinajstić information content (AvgIpc) is 3.39. The highest BCUT2D eigenvalue weighted by molar-refractivity contribution is 6.84. The van der Waals surface area contributed by atoms with Gasteiger partial charge in [0.05, 0.1) is 19.5 Å². The first-order valence-electron chi connectivity index (χ1n) is 14.0. The van der Waals surface area contributed by atoms with Crippen LogP contribution >= 0.6 is 0 Å². The number of nitrogens with zero attached hydrogens (tertiary/aromatic N) is 3. The van der Waals surface area contributed by atoms with Crippen molar-refractivity contribution in [3.8, 4) is 0 Å². The minimum absolute atomic E-state index is 0.0529. The van der Waals surface area contributed by atoms with E-state index < -0.39 is 47.1 Å². The summed E-state index contributed by atoms with van der Waals surface area (Å²) in [6.07, 6.45) is 0.802. The fraction of sp³-hybridized carbons (Fsp3) is 0.692. The van der Waals surface area contributed by atoms with Crippen molar-refractivity contribution in [2.75, 3.05) is 18.9 Å². The maximum Gasteiger partial charge on any atom is 0.335 e. The molecule has 0 spiro atoms. The number of H-pyrrole nitrogens is 1. The Balaban J connectivity index is 1.91. The first-order chi connectivity index (χ1) is 18.8. The van der Waals surface area contributed by atoms with Crippen molar-refractivity contribution in [2.24, 2.45) is 0 Å². The molecule has 4 rings (SSSR count). The second-order valence-electron chi connectivity index (χ2n) is 11.7. The summed E-state index contributed by atoms with van der Waals surface area (Å²) in [5.74, 6) is -0.578. The maximum absolute atomic E-state index is 12.9. The van der Waals surface area contributed by atoms with Crippen LogP contribution in [0.3, 0.4) is 0 Å². The van der Waals surface area contributed by atoms with E-state index in [2.05, 4.69) is 70.3 Å². The Morgan fingerprint density at radius 1 is 1.15 bits per heavy atom. The second kappa shape index (κ2) is 11.5. The topological polar surface area (TPSA) is 153 Å². The van der Waals surface area contributed by atoms with Gasteiger partial charge in [-0.1, -0.05) is 55.4 Å². The third-order valence-electron chi connectivity index (χ3n) is 7.85. The number of imidazole rings is 1. The zero-order chi connectivity index (χ0) is 29.6. The number of hydrogen-bond donors (Lipinski definition) is 2. The number of nitrogens with two attached hydrogens (primary N) is 1. The lowest BCUT2D eigenvalue weighted by Crippen LogP contribution is -2.65. The molecule has 14 heteroatoms. The molecule has 12 nitrogen and oxygen atoms in total. The SMILES string of the molecule is CCOC(=O)/C=C1\[C@H](n2cnc3c(=O)[nH]c(N)nc32)O[C@@H]2CO[Si](C(C)C)(C(C)C)O[Si](C(C)C)(C(C)C)O[C@@H]12. The molecule has 0 amide bonds. The maximum atomic E-state index is 12.9. The van der Waals surface area contributed by atoms with E-state index in [1.165, 1.54) is 12.4 Å². The van der Waals surface area contributed by atoms with E-state index in [0.29, 0.717) is 5.57 Å². The lowest BCUT2D eigenvalue weighted by Gasteiger charge is -2.51. The Kier molecular flexibility index (Phi) is 8.78. The van der Waals surface area contributed by atoms with Gasteiger partial charge in [-0.05, 0) is 29.1 Å². The summed E-state index contributed by atoms with van der Waals surface area (Å²) >= 11 is 0. The lowest BCUT2D eigenvalue weighted by atomic mass is 10.1. The number of nitrogen functional groups attached to an aromatic ring is 1. The molecule has 3 N–H and O–H groups in total. The first-order valence-corrected chi connectivity index (χ1v) is 18.0. The molecule has 0 saturated carbocycles. The third-order valence-corrected chi connectivity index (χ3v) is 18.1. The van der Waals surface area contributed by atoms with Crippen LogP contribution in [0.5, 0.6) is 0 Å². The number of anilines is 1. The van der Waals surface area contributed by atoms with Crippen molar-refractivity contribution in [3.05, 3.63) is 28.3 Å². The van der Waals surface area contributed by atoms with Crippen LogP contribution in [0.2, 0.25) is 22.2 Å².